The predicted octanol–water partition coefficient (Wildman–Crippen LogP) is 1.84. The van der Waals surface area contributed by atoms with Crippen LogP contribution in [0.25, 0.3) is 0 Å². The minimum absolute atomic E-state index is 0.0907. The van der Waals surface area contributed by atoms with Crippen LogP contribution in [0.1, 0.15) is 24.8 Å². The highest BCUT2D eigenvalue weighted by molar-refractivity contribution is 5.55. The van der Waals surface area contributed by atoms with E-state index in [1.807, 2.05) is 0 Å². The van der Waals surface area contributed by atoms with Gasteiger partial charge in [0.25, 0.3) is 0 Å². The molecule has 17 heavy (non-hydrogen) atoms. The number of aromatic hydroxyl groups is 1. The zero-order valence-electron chi connectivity index (χ0n) is 9.10. The van der Waals surface area contributed by atoms with Crippen LogP contribution in [0.15, 0.2) is 17.1 Å². The van der Waals surface area contributed by atoms with Gasteiger partial charge in [0.15, 0.2) is 11.5 Å². The van der Waals surface area contributed by atoms with E-state index in [9.17, 15) is 9.90 Å². The highest BCUT2D eigenvalue weighted by Gasteiger charge is 2.41. The van der Waals surface area contributed by atoms with Crippen LogP contribution < -0.4 is 9.47 Å². The molecule has 1 aromatic carbocycles. The maximum absolute atomic E-state index is 10.5. The Hall–Kier alpha value is -2.00. The van der Waals surface area contributed by atoms with Crippen molar-refractivity contribution in [2.75, 3.05) is 6.79 Å². The molecule has 3 rings (SSSR count). The molecule has 88 valence electrons. The number of phenolic OH excluding ortho intramolecular Hbond substituents is 1. The Kier molecular flexibility index (Phi) is 2.09. The van der Waals surface area contributed by atoms with E-state index in [0.717, 1.165) is 19.3 Å². The summed E-state index contributed by atoms with van der Waals surface area (Å²) in [4.78, 5) is 14.4. The fraction of sp³-hybridized carbons (Fsp3) is 0.417. The van der Waals surface area contributed by atoms with E-state index in [-0.39, 0.29) is 12.5 Å². The topological polar surface area (TPSA) is 68.1 Å². The Morgan fingerprint density at radius 3 is 2.59 bits per heavy atom. The molecule has 0 radical (unpaired) electrons. The number of phenols is 1. The minimum Gasteiger partial charge on any atom is -0.507 e. The van der Waals surface area contributed by atoms with Gasteiger partial charge in [-0.3, -0.25) is 0 Å². The van der Waals surface area contributed by atoms with Gasteiger partial charge in [0.2, 0.25) is 12.9 Å². The molecular weight excluding hydrogens is 222 g/mol. The molecule has 1 aliphatic carbocycles. The maximum Gasteiger partial charge on any atom is 0.235 e. The molecule has 5 heteroatoms. The Morgan fingerprint density at radius 1 is 1.29 bits per heavy atom. The first-order chi connectivity index (χ1) is 8.25. The second-order valence-corrected chi connectivity index (χ2v) is 4.31. The van der Waals surface area contributed by atoms with Gasteiger partial charge in [-0.2, -0.15) is 4.99 Å². The molecule has 0 spiro atoms. The third kappa shape index (κ3) is 1.40. The third-order valence-electron chi connectivity index (χ3n) is 3.43. The lowest BCUT2D eigenvalue weighted by Crippen LogP contribution is -2.31. The number of benzene rings is 1. The summed E-state index contributed by atoms with van der Waals surface area (Å²) in [5.74, 6) is 1.20. The van der Waals surface area contributed by atoms with Gasteiger partial charge < -0.3 is 14.6 Å². The van der Waals surface area contributed by atoms with Gasteiger partial charge in [0.1, 0.15) is 11.3 Å². The minimum atomic E-state index is -0.618. The van der Waals surface area contributed by atoms with Crippen molar-refractivity contribution in [3.05, 3.63) is 17.7 Å². The normalized spacial score (nSPS) is 19.3. The van der Waals surface area contributed by atoms with Crippen LogP contribution in [-0.2, 0) is 10.3 Å². The van der Waals surface area contributed by atoms with Crippen LogP contribution in [-0.4, -0.2) is 18.0 Å². The zero-order chi connectivity index (χ0) is 11.9. The molecule has 1 N–H and O–H groups in total. The summed E-state index contributed by atoms with van der Waals surface area (Å²) in [5, 5.41) is 9.98. The molecular formula is C12H11NO4. The lowest BCUT2D eigenvalue weighted by molar-refractivity contribution is 0.173. The fourth-order valence-electron chi connectivity index (χ4n) is 2.34. The van der Waals surface area contributed by atoms with Crippen molar-refractivity contribution in [1.29, 1.82) is 0 Å². The first-order valence-electron chi connectivity index (χ1n) is 5.47. The van der Waals surface area contributed by atoms with Crippen molar-refractivity contribution in [2.24, 2.45) is 4.99 Å². The van der Waals surface area contributed by atoms with Gasteiger partial charge in [-0.15, -0.1) is 0 Å². The summed E-state index contributed by atoms with van der Waals surface area (Å²) in [7, 11) is 0. The molecule has 5 nitrogen and oxygen atoms in total. The number of rotatable bonds is 2. The van der Waals surface area contributed by atoms with Crippen LogP contribution in [0.2, 0.25) is 0 Å². The summed E-state index contributed by atoms with van der Waals surface area (Å²) in [6, 6.07) is 3.22. The van der Waals surface area contributed by atoms with Crippen LogP contribution in [0, 0.1) is 0 Å². The van der Waals surface area contributed by atoms with Crippen LogP contribution >= 0.6 is 0 Å². The largest absolute Gasteiger partial charge is 0.507 e. The summed E-state index contributed by atoms with van der Waals surface area (Å²) in [6.45, 7) is 0.155. The van der Waals surface area contributed by atoms with Crippen LogP contribution in [0.4, 0.5) is 0 Å². The van der Waals surface area contributed by atoms with Gasteiger partial charge in [-0.1, -0.05) is 0 Å². The highest BCUT2D eigenvalue weighted by Crippen LogP contribution is 2.51. The van der Waals surface area contributed by atoms with Gasteiger partial charge in [-0.25, -0.2) is 4.79 Å². The second-order valence-electron chi connectivity index (χ2n) is 4.31. The monoisotopic (exact) mass is 233 g/mol. The number of carbonyl (C=O) groups excluding carboxylic acids is 1. The maximum atomic E-state index is 10.5. The fourth-order valence-corrected chi connectivity index (χ4v) is 2.34. The van der Waals surface area contributed by atoms with E-state index in [0.29, 0.717) is 17.1 Å². The standard InChI is InChI=1S/C12H11NO4/c14-6-13-12(2-1-3-12)8-4-10-11(5-9(8)15)17-7-16-10/h4-5,15H,1-3,7H2. The molecule has 1 heterocycles. The summed E-state index contributed by atoms with van der Waals surface area (Å²) >= 11 is 0. The SMILES string of the molecule is O=C=NC1(c2cc3c(cc2O)OCO3)CCC1. The van der Waals surface area contributed by atoms with Crippen molar-refractivity contribution in [3.63, 3.8) is 0 Å². The number of fused-ring (bicyclic) bond motifs is 1. The van der Waals surface area contributed by atoms with Crippen molar-refractivity contribution >= 4 is 6.08 Å². The lowest BCUT2D eigenvalue weighted by atomic mass is 9.72. The molecule has 0 unspecified atom stereocenters. The van der Waals surface area contributed by atoms with E-state index >= 15 is 0 Å². The first-order valence-corrected chi connectivity index (χ1v) is 5.47. The lowest BCUT2D eigenvalue weighted by Gasteiger charge is -2.37. The van der Waals surface area contributed by atoms with E-state index < -0.39 is 5.54 Å². The number of isocyanates is 1. The van der Waals surface area contributed by atoms with Crippen molar-refractivity contribution < 1.29 is 19.4 Å². The second kappa shape index (κ2) is 3.50. The van der Waals surface area contributed by atoms with Crippen LogP contribution in [0.5, 0.6) is 17.2 Å². The molecule has 0 saturated heterocycles. The average Bonchev–Trinajstić information content (AvgIpc) is 2.69. The molecule has 1 aromatic rings. The molecule has 1 saturated carbocycles. The van der Waals surface area contributed by atoms with E-state index in [2.05, 4.69) is 4.99 Å². The van der Waals surface area contributed by atoms with Crippen molar-refractivity contribution in [2.45, 2.75) is 24.8 Å². The predicted molar refractivity (Wildman–Crippen MR) is 57.9 cm³/mol. The molecule has 0 bridgehead atoms. The molecule has 0 amide bonds. The number of hydrogen-bond acceptors (Lipinski definition) is 5. The third-order valence-corrected chi connectivity index (χ3v) is 3.43. The Bertz CT molecular complexity index is 515. The van der Waals surface area contributed by atoms with Gasteiger partial charge >= 0.3 is 0 Å². The summed E-state index contributed by atoms with van der Waals surface area (Å²) < 4.78 is 10.4. The molecule has 1 fully saturated rings. The molecule has 0 aromatic heterocycles. The highest BCUT2D eigenvalue weighted by atomic mass is 16.7. The average molecular weight is 233 g/mol. The summed E-state index contributed by atoms with van der Waals surface area (Å²) in [5.41, 5.74) is 0.00338. The zero-order valence-corrected chi connectivity index (χ0v) is 9.10. The summed E-state index contributed by atoms with van der Waals surface area (Å²) in [6.07, 6.45) is 4.07. The van der Waals surface area contributed by atoms with E-state index in [1.54, 1.807) is 12.1 Å². The van der Waals surface area contributed by atoms with Crippen molar-refractivity contribution in [1.82, 2.24) is 0 Å². The Balaban J connectivity index is 2.11. The first kappa shape index (κ1) is 10.2. The number of nitrogens with zero attached hydrogens (tertiary/aromatic N) is 1. The quantitative estimate of drug-likeness (QED) is 0.625. The van der Waals surface area contributed by atoms with Crippen LogP contribution in [0.3, 0.4) is 0 Å². The molecule has 2 aliphatic rings. The molecule has 1 aliphatic heterocycles. The van der Waals surface area contributed by atoms with Gasteiger partial charge in [0.05, 0.1) is 0 Å². The van der Waals surface area contributed by atoms with Crippen molar-refractivity contribution in [3.8, 4) is 17.2 Å². The Labute approximate surface area is 97.7 Å². The Morgan fingerprint density at radius 2 is 2.00 bits per heavy atom. The number of ether oxygens (including phenoxy) is 2. The molecule has 0 atom stereocenters. The number of aliphatic imine (C=N–C) groups is 1. The van der Waals surface area contributed by atoms with E-state index in [1.165, 1.54) is 6.07 Å². The number of hydrogen-bond donors (Lipinski definition) is 1. The van der Waals surface area contributed by atoms with Gasteiger partial charge in [0, 0.05) is 11.6 Å². The smallest absolute Gasteiger partial charge is 0.235 e. The van der Waals surface area contributed by atoms with E-state index in [4.69, 9.17) is 9.47 Å². The van der Waals surface area contributed by atoms with Gasteiger partial charge in [-0.05, 0) is 25.3 Å².